The number of fused-ring (bicyclic) bond motifs is 19. The number of furan rings is 2. The maximum Gasteiger partial charge on any atom is 0.333 e. The first-order valence-electron chi connectivity index (χ1n) is 24.5. The van der Waals surface area contributed by atoms with Crippen molar-refractivity contribution in [1.82, 2.24) is 4.57 Å². The Hall–Kier alpha value is -6.98. The molecular weight excluding hydrogens is 828 g/mol. The predicted octanol–water partition coefficient (Wildman–Crippen LogP) is 16.0. The van der Waals surface area contributed by atoms with Crippen LogP contribution in [0.15, 0.2) is 142 Å². The molecule has 3 aliphatic rings. The quantitative estimate of drug-likeness (QED) is 0.154. The Morgan fingerprint density at radius 3 is 1.84 bits per heavy atom. The number of nitrogens with zero attached hydrogens (tertiary/aromatic N) is 2. The van der Waals surface area contributed by atoms with Crippen molar-refractivity contribution in [3.8, 4) is 27.9 Å². The Balaban J connectivity index is 1.21. The Bertz CT molecular complexity index is 4060. The third-order valence-electron chi connectivity index (χ3n) is 16.2. The number of hydrogen-bond acceptors (Lipinski definition) is 3. The second-order valence-corrected chi connectivity index (χ2v) is 23.8. The molecule has 3 aromatic heterocycles. The van der Waals surface area contributed by atoms with E-state index in [0.717, 1.165) is 38.5 Å². The molecule has 5 heteroatoms. The first kappa shape index (κ1) is 40.1. The van der Waals surface area contributed by atoms with Gasteiger partial charge in [0.05, 0.1) is 16.4 Å². The van der Waals surface area contributed by atoms with Crippen LogP contribution >= 0.6 is 0 Å². The molecule has 14 rings (SSSR count). The van der Waals surface area contributed by atoms with Crippen molar-refractivity contribution in [3.63, 3.8) is 0 Å². The lowest BCUT2D eigenvalue weighted by Crippen LogP contribution is -2.60. The second-order valence-electron chi connectivity index (χ2n) is 23.8. The van der Waals surface area contributed by atoms with E-state index in [2.05, 4.69) is 219 Å². The lowest BCUT2D eigenvalue weighted by Gasteiger charge is -2.43. The molecule has 2 aliphatic heterocycles. The van der Waals surface area contributed by atoms with Gasteiger partial charge in [-0.25, -0.2) is 0 Å². The van der Waals surface area contributed by atoms with Crippen LogP contribution in [0.4, 0.5) is 11.4 Å². The molecule has 0 unspecified atom stereocenters. The van der Waals surface area contributed by atoms with Crippen molar-refractivity contribution in [2.24, 2.45) is 0 Å². The summed E-state index contributed by atoms with van der Waals surface area (Å²) in [5.41, 5.74) is 23.8. The fourth-order valence-corrected chi connectivity index (χ4v) is 12.6. The fourth-order valence-electron chi connectivity index (χ4n) is 12.6. The molecule has 0 radical (unpaired) electrons. The smallest absolute Gasteiger partial charge is 0.333 e. The number of aromatic nitrogens is 1. The van der Waals surface area contributed by atoms with E-state index in [0.29, 0.717) is 0 Å². The predicted molar refractivity (Wildman–Crippen MR) is 288 cm³/mol. The highest BCUT2D eigenvalue weighted by atomic mass is 16.3. The number of hydrogen-bond donors (Lipinski definition) is 0. The van der Waals surface area contributed by atoms with E-state index in [4.69, 9.17) is 8.83 Å². The summed E-state index contributed by atoms with van der Waals surface area (Å²) in [4.78, 5) is 2.69. The zero-order chi connectivity index (χ0) is 46.7. The van der Waals surface area contributed by atoms with Gasteiger partial charge in [-0.2, -0.15) is 0 Å². The zero-order valence-electron chi connectivity index (χ0n) is 41.0. The summed E-state index contributed by atoms with van der Waals surface area (Å²) in [5, 5.41) is 6.98. The van der Waals surface area contributed by atoms with Gasteiger partial charge in [0.25, 0.3) is 0 Å². The van der Waals surface area contributed by atoms with Crippen LogP contribution in [0.3, 0.4) is 0 Å². The normalized spacial score (nSPS) is 15.0. The van der Waals surface area contributed by atoms with Gasteiger partial charge in [0.2, 0.25) is 0 Å². The third-order valence-corrected chi connectivity index (χ3v) is 16.2. The molecule has 5 heterocycles. The van der Waals surface area contributed by atoms with Crippen molar-refractivity contribution in [2.45, 2.75) is 97.8 Å². The van der Waals surface area contributed by atoms with E-state index < -0.39 is 0 Å². The molecular formula is C63H55BN2O2. The fraction of sp³-hybridized carbons (Fsp3) is 0.238. The monoisotopic (exact) mass is 882 g/mol. The van der Waals surface area contributed by atoms with Crippen LogP contribution in [-0.4, -0.2) is 11.4 Å². The van der Waals surface area contributed by atoms with Crippen molar-refractivity contribution >= 4 is 94.8 Å². The van der Waals surface area contributed by atoms with E-state index in [9.17, 15) is 0 Å². The molecule has 0 N–H and O–H groups in total. The Kier molecular flexibility index (Phi) is 7.53. The van der Waals surface area contributed by atoms with Crippen molar-refractivity contribution < 1.29 is 8.83 Å². The Morgan fingerprint density at radius 2 is 1.12 bits per heavy atom. The highest BCUT2D eigenvalue weighted by Gasteiger charge is 2.48. The van der Waals surface area contributed by atoms with Crippen LogP contribution in [0.5, 0.6) is 0 Å². The molecule has 332 valence electrons. The minimum absolute atomic E-state index is 0.00472. The average molecular weight is 883 g/mol. The van der Waals surface area contributed by atoms with E-state index >= 15 is 0 Å². The van der Waals surface area contributed by atoms with Gasteiger partial charge in [-0.05, 0) is 132 Å². The van der Waals surface area contributed by atoms with Gasteiger partial charge in [-0.15, -0.1) is 0 Å². The number of anilines is 2. The average Bonchev–Trinajstić information content (AvgIpc) is 4.03. The molecule has 0 fully saturated rings. The molecule has 8 aromatic carbocycles. The van der Waals surface area contributed by atoms with Gasteiger partial charge >= 0.3 is 6.85 Å². The standard InChI is InChI=1S/C63H55BN2O2/c1-60(2,3)34-20-24-37(25-21-34)66-49-32-46-41(38-26-22-36(62(7,8)9)29-45(38)63(46,10)11)30-44(49)54-55-40-17-13-15-19-52(40)68-59(55)56-43-28-35(61(4,5)6)23-27-48(43)65-50-31-42-39-16-12-14-18-51(39)67-53(42)33-47(50)64(66)57(54)58(56)65/h12-33H,1-11H3. The first-order valence-corrected chi connectivity index (χ1v) is 24.5. The molecule has 0 spiro atoms. The minimum atomic E-state index is -0.229. The van der Waals surface area contributed by atoms with Crippen molar-refractivity contribution in [1.29, 1.82) is 0 Å². The molecule has 0 atom stereocenters. The van der Waals surface area contributed by atoms with E-state index in [1.54, 1.807) is 0 Å². The second kappa shape index (κ2) is 12.8. The van der Waals surface area contributed by atoms with Crippen LogP contribution in [-0.2, 0) is 21.7 Å². The minimum Gasteiger partial charge on any atom is -0.456 e. The lowest BCUT2D eigenvalue weighted by molar-refractivity contribution is 0.584. The van der Waals surface area contributed by atoms with Crippen LogP contribution < -0.4 is 15.7 Å². The van der Waals surface area contributed by atoms with E-state index in [1.807, 2.05) is 0 Å². The summed E-state index contributed by atoms with van der Waals surface area (Å²) in [5.74, 6) is 0. The highest BCUT2D eigenvalue weighted by Crippen LogP contribution is 2.57. The first-order chi connectivity index (χ1) is 32.4. The summed E-state index contributed by atoms with van der Waals surface area (Å²) in [7, 11) is 0. The Morgan fingerprint density at radius 1 is 0.485 bits per heavy atom. The van der Waals surface area contributed by atoms with Gasteiger partial charge in [0.1, 0.15) is 22.3 Å². The maximum atomic E-state index is 7.30. The third kappa shape index (κ3) is 5.12. The zero-order valence-corrected chi connectivity index (χ0v) is 41.0. The van der Waals surface area contributed by atoms with Gasteiger partial charge in [0.15, 0.2) is 0 Å². The van der Waals surface area contributed by atoms with E-state index in [1.165, 1.54) is 105 Å². The van der Waals surface area contributed by atoms with Crippen molar-refractivity contribution in [2.75, 3.05) is 4.81 Å². The SMILES string of the molecule is CC(C)(C)c1ccc(N2B3c4cc5oc6ccccc6c5cc4-n4c5ccc(C(C)(C)C)cc5c5c6oc7ccccc7c6c(c3c54)-c3cc4c(cc32)C(C)(C)c2cc(C(C)(C)C)ccc2-4)cc1. The maximum absolute atomic E-state index is 7.30. The molecule has 68 heavy (non-hydrogen) atoms. The van der Waals surface area contributed by atoms with Crippen molar-refractivity contribution in [3.05, 3.63) is 161 Å². The van der Waals surface area contributed by atoms with Gasteiger partial charge in [-0.3, -0.25) is 0 Å². The molecule has 0 saturated heterocycles. The van der Waals surface area contributed by atoms with Gasteiger partial charge < -0.3 is 18.2 Å². The van der Waals surface area contributed by atoms with E-state index in [-0.39, 0.29) is 28.5 Å². The molecule has 1 aliphatic carbocycles. The number of rotatable bonds is 1. The van der Waals surface area contributed by atoms with Crippen LogP contribution in [0.2, 0.25) is 0 Å². The lowest BCUT2D eigenvalue weighted by atomic mass is 9.43. The summed E-state index contributed by atoms with van der Waals surface area (Å²) < 4.78 is 16.7. The van der Waals surface area contributed by atoms with Crippen LogP contribution in [0.25, 0.3) is 93.6 Å². The summed E-state index contributed by atoms with van der Waals surface area (Å²) in [6.45, 7) is 25.5. The summed E-state index contributed by atoms with van der Waals surface area (Å²) >= 11 is 0. The number of benzene rings is 8. The van der Waals surface area contributed by atoms with Gasteiger partial charge in [-0.1, -0.05) is 149 Å². The van der Waals surface area contributed by atoms with Gasteiger partial charge in [0, 0.05) is 55.0 Å². The molecule has 4 nitrogen and oxygen atoms in total. The summed E-state index contributed by atoms with van der Waals surface area (Å²) in [6.07, 6.45) is 0. The largest absolute Gasteiger partial charge is 0.456 e. The number of para-hydroxylation sites is 2. The highest BCUT2D eigenvalue weighted by molar-refractivity contribution is 6.94. The Labute approximate surface area is 398 Å². The molecule has 0 saturated carbocycles. The summed E-state index contributed by atoms with van der Waals surface area (Å²) in [6, 6.07) is 51.0. The van der Waals surface area contributed by atoms with Crippen LogP contribution in [0, 0.1) is 0 Å². The van der Waals surface area contributed by atoms with Crippen LogP contribution in [0.1, 0.15) is 104 Å². The molecule has 0 amide bonds. The molecule has 0 bridgehead atoms. The topological polar surface area (TPSA) is 34.5 Å². The molecule has 11 aromatic rings.